The van der Waals surface area contributed by atoms with Crippen LogP contribution in [0.1, 0.15) is 28.7 Å². The normalized spacial score (nSPS) is 11.4. The van der Waals surface area contributed by atoms with Gasteiger partial charge in [-0.2, -0.15) is 13.2 Å². The van der Waals surface area contributed by atoms with Gasteiger partial charge in [-0.1, -0.05) is 25.1 Å². The van der Waals surface area contributed by atoms with E-state index in [1.807, 2.05) is 18.9 Å². The number of anilines is 2. The molecule has 1 amide bonds. The third kappa shape index (κ3) is 5.25. The second-order valence-electron chi connectivity index (χ2n) is 6.98. The van der Waals surface area contributed by atoms with Crippen LogP contribution in [-0.4, -0.2) is 43.2 Å². The van der Waals surface area contributed by atoms with E-state index in [9.17, 15) is 18.0 Å². The molecule has 1 aromatic carbocycles. The standard InChI is InChI=1S/C22H23F3N4O3/c1-4-14-7-5-6-8-16(14)21-28-18(19(32-21)22(23,24)25)20(30)27-15-9-10-17(26-13-15)29(2)11-12-31-3/h5-10,13H,4,11-12H2,1-3H3,(H,27,30). The molecule has 0 unspecified atom stereocenters. The summed E-state index contributed by atoms with van der Waals surface area (Å²) < 4.78 is 50.7. The minimum Gasteiger partial charge on any atom is -0.431 e. The fraction of sp³-hybridized carbons (Fsp3) is 0.318. The number of ether oxygens (including phenoxy) is 1. The summed E-state index contributed by atoms with van der Waals surface area (Å²) in [6.07, 6.45) is -2.96. The van der Waals surface area contributed by atoms with Crippen LogP contribution in [-0.2, 0) is 17.3 Å². The third-order valence-electron chi connectivity index (χ3n) is 4.76. The highest BCUT2D eigenvalue weighted by molar-refractivity contribution is 6.04. The number of rotatable bonds is 8. The molecule has 170 valence electrons. The monoisotopic (exact) mass is 448 g/mol. The average Bonchev–Trinajstić information content (AvgIpc) is 3.24. The Morgan fingerprint density at radius 3 is 2.59 bits per heavy atom. The molecule has 2 heterocycles. The van der Waals surface area contributed by atoms with Gasteiger partial charge >= 0.3 is 6.18 Å². The van der Waals surface area contributed by atoms with E-state index in [1.54, 1.807) is 43.5 Å². The van der Waals surface area contributed by atoms with Crippen LogP contribution in [0.4, 0.5) is 24.7 Å². The molecule has 0 bridgehead atoms. The molecule has 0 aliphatic heterocycles. The first kappa shape index (κ1) is 23.3. The maximum absolute atomic E-state index is 13.6. The number of hydrogen-bond acceptors (Lipinski definition) is 6. The van der Waals surface area contributed by atoms with Crippen molar-refractivity contribution in [3.05, 3.63) is 59.6 Å². The molecule has 0 saturated heterocycles. The molecule has 0 fully saturated rings. The Bertz CT molecular complexity index is 1070. The number of nitrogens with one attached hydrogen (secondary N) is 1. The Labute approximate surface area is 183 Å². The van der Waals surface area contributed by atoms with E-state index < -0.39 is 23.5 Å². The number of aryl methyl sites for hydroxylation is 1. The number of benzene rings is 1. The Kier molecular flexibility index (Phi) is 7.14. The molecule has 0 aliphatic carbocycles. The maximum atomic E-state index is 13.6. The summed E-state index contributed by atoms with van der Waals surface area (Å²) in [6.45, 7) is 2.97. The van der Waals surface area contributed by atoms with Crippen LogP contribution in [0.15, 0.2) is 47.0 Å². The number of halogens is 3. The molecule has 3 aromatic rings. The van der Waals surface area contributed by atoms with E-state index in [1.165, 1.54) is 6.20 Å². The Morgan fingerprint density at radius 2 is 1.97 bits per heavy atom. The summed E-state index contributed by atoms with van der Waals surface area (Å²) in [5, 5.41) is 2.41. The van der Waals surface area contributed by atoms with Gasteiger partial charge in [0.15, 0.2) is 5.69 Å². The van der Waals surface area contributed by atoms with Gasteiger partial charge < -0.3 is 19.4 Å². The highest BCUT2D eigenvalue weighted by atomic mass is 19.4. The second-order valence-corrected chi connectivity index (χ2v) is 6.98. The van der Waals surface area contributed by atoms with Crippen molar-refractivity contribution in [3.8, 4) is 11.5 Å². The molecule has 0 atom stereocenters. The van der Waals surface area contributed by atoms with Crippen LogP contribution in [0.3, 0.4) is 0 Å². The number of nitrogens with zero attached hydrogens (tertiary/aromatic N) is 3. The first-order chi connectivity index (χ1) is 15.2. The largest absolute Gasteiger partial charge is 0.452 e. The number of likely N-dealkylation sites (N-methyl/N-ethyl adjacent to an activating group) is 1. The van der Waals surface area contributed by atoms with Crippen molar-refractivity contribution < 1.29 is 27.1 Å². The lowest BCUT2D eigenvalue weighted by atomic mass is 10.1. The lowest BCUT2D eigenvalue weighted by Crippen LogP contribution is -2.23. The molecule has 1 N–H and O–H groups in total. The van der Waals surface area contributed by atoms with Crippen molar-refractivity contribution in [2.24, 2.45) is 0 Å². The van der Waals surface area contributed by atoms with Gasteiger partial charge in [0, 0.05) is 26.3 Å². The lowest BCUT2D eigenvalue weighted by Gasteiger charge is -2.17. The summed E-state index contributed by atoms with van der Waals surface area (Å²) in [5.41, 5.74) is 0.557. The Hall–Kier alpha value is -3.40. The summed E-state index contributed by atoms with van der Waals surface area (Å²) in [5.74, 6) is -2.12. The molecule has 0 saturated carbocycles. The predicted octanol–water partition coefficient (Wildman–Crippen LogP) is 4.65. The summed E-state index contributed by atoms with van der Waals surface area (Å²) in [7, 11) is 3.41. The predicted molar refractivity (Wildman–Crippen MR) is 114 cm³/mol. The van der Waals surface area contributed by atoms with Crippen molar-refractivity contribution in [2.45, 2.75) is 19.5 Å². The molecular weight excluding hydrogens is 425 g/mol. The molecule has 0 aliphatic rings. The molecule has 7 nitrogen and oxygen atoms in total. The Balaban J connectivity index is 1.87. The fourth-order valence-electron chi connectivity index (χ4n) is 3.04. The topological polar surface area (TPSA) is 80.5 Å². The molecule has 10 heteroatoms. The van der Waals surface area contributed by atoms with E-state index in [-0.39, 0.29) is 11.6 Å². The van der Waals surface area contributed by atoms with E-state index in [0.717, 1.165) is 5.56 Å². The zero-order valence-electron chi connectivity index (χ0n) is 17.9. The van der Waals surface area contributed by atoms with Crippen molar-refractivity contribution in [2.75, 3.05) is 37.5 Å². The number of carbonyl (C=O) groups excluding carboxylic acids is 1. The van der Waals surface area contributed by atoms with Gasteiger partial charge in [-0.3, -0.25) is 4.79 Å². The minimum absolute atomic E-state index is 0.227. The van der Waals surface area contributed by atoms with Crippen LogP contribution < -0.4 is 10.2 Å². The quantitative estimate of drug-likeness (QED) is 0.540. The van der Waals surface area contributed by atoms with E-state index in [4.69, 9.17) is 9.15 Å². The number of oxazole rings is 1. The first-order valence-electron chi connectivity index (χ1n) is 9.88. The second kappa shape index (κ2) is 9.82. The average molecular weight is 448 g/mol. The lowest BCUT2D eigenvalue weighted by molar-refractivity contribution is -0.153. The number of carbonyl (C=O) groups is 1. The van der Waals surface area contributed by atoms with Gasteiger partial charge in [0.1, 0.15) is 5.82 Å². The number of pyridine rings is 1. The fourth-order valence-corrected chi connectivity index (χ4v) is 3.04. The number of methoxy groups -OCH3 is 1. The van der Waals surface area contributed by atoms with Gasteiger partial charge in [-0.25, -0.2) is 9.97 Å². The molecule has 3 rings (SSSR count). The van der Waals surface area contributed by atoms with Crippen molar-refractivity contribution in [1.82, 2.24) is 9.97 Å². The molecular formula is C22H23F3N4O3. The zero-order valence-corrected chi connectivity index (χ0v) is 17.9. The van der Waals surface area contributed by atoms with Gasteiger partial charge in [0.05, 0.1) is 18.5 Å². The van der Waals surface area contributed by atoms with Crippen LogP contribution in [0.5, 0.6) is 0 Å². The van der Waals surface area contributed by atoms with Gasteiger partial charge in [-0.15, -0.1) is 0 Å². The number of aromatic nitrogens is 2. The third-order valence-corrected chi connectivity index (χ3v) is 4.76. The molecule has 0 spiro atoms. The van der Waals surface area contributed by atoms with E-state index >= 15 is 0 Å². The van der Waals surface area contributed by atoms with Crippen LogP contribution in [0, 0.1) is 0 Å². The molecule has 32 heavy (non-hydrogen) atoms. The van der Waals surface area contributed by atoms with Gasteiger partial charge in [0.2, 0.25) is 11.7 Å². The summed E-state index contributed by atoms with van der Waals surface area (Å²) in [4.78, 5) is 22.6. The molecule has 2 aromatic heterocycles. The highest BCUT2D eigenvalue weighted by Crippen LogP contribution is 2.36. The van der Waals surface area contributed by atoms with Gasteiger partial charge in [0.25, 0.3) is 5.91 Å². The zero-order chi connectivity index (χ0) is 23.3. The highest BCUT2D eigenvalue weighted by Gasteiger charge is 2.42. The minimum atomic E-state index is -4.88. The van der Waals surface area contributed by atoms with Crippen molar-refractivity contribution in [1.29, 1.82) is 0 Å². The number of alkyl halides is 3. The molecule has 0 radical (unpaired) electrons. The SMILES string of the molecule is CCc1ccccc1-c1nc(C(=O)Nc2ccc(N(C)CCOC)nc2)c(C(F)(F)F)o1. The van der Waals surface area contributed by atoms with Gasteiger partial charge in [-0.05, 0) is 30.2 Å². The van der Waals surface area contributed by atoms with E-state index in [2.05, 4.69) is 15.3 Å². The van der Waals surface area contributed by atoms with Crippen LogP contribution in [0.2, 0.25) is 0 Å². The maximum Gasteiger partial charge on any atom is 0.452 e. The number of amides is 1. The number of hydrogen-bond donors (Lipinski definition) is 1. The summed E-state index contributed by atoms with van der Waals surface area (Å²) >= 11 is 0. The van der Waals surface area contributed by atoms with Crippen molar-refractivity contribution >= 4 is 17.4 Å². The van der Waals surface area contributed by atoms with Crippen LogP contribution in [0.25, 0.3) is 11.5 Å². The van der Waals surface area contributed by atoms with Crippen LogP contribution >= 0.6 is 0 Å². The smallest absolute Gasteiger partial charge is 0.431 e. The Morgan fingerprint density at radius 1 is 1.22 bits per heavy atom. The van der Waals surface area contributed by atoms with E-state index in [0.29, 0.717) is 31.0 Å². The summed E-state index contributed by atoms with van der Waals surface area (Å²) in [6, 6.07) is 10.00. The van der Waals surface area contributed by atoms with Crippen molar-refractivity contribution in [3.63, 3.8) is 0 Å². The first-order valence-corrected chi connectivity index (χ1v) is 9.88.